The molecule has 0 spiro atoms. The molecule has 4 aromatic rings. The lowest BCUT2D eigenvalue weighted by atomic mass is 10.1. The average Bonchev–Trinajstić information content (AvgIpc) is 3.30. The zero-order valence-corrected chi connectivity index (χ0v) is 22.0. The Hall–Kier alpha value is -3.90. The standard InChI is InChI=1S/C30H30ClN3O3/c1-21-28(30(35)33-17-15-32(16-18-33)24-11-13-26(36-2)14-12-24)20-29(22-7-9-23(31)10-8-22)34(21)25-5-4-6-27(19-25)37-3/h4-14,19-20H,15-18H2,1-3H3. The molecule has 37 heavy (non-hydrogen) atoms. The molecule has 0 radical (unpaired) electrons. The number of piperazine rings is 1. The Bertz CT molecular complexity index is 1390. The molecule has 0 N–H and O–H groups in total. The van der Waals surface area contributed by atoms with Gasteiger partial charge in [0.15, 0.2) is 0 Å². The topological polar surface area (TPSA) is 46.9 Å². The van der Waals surface area contributed by atoms with Gasteiger partial charge in [-0.1, -0.05) is 29.8 Å². The number of rotatable bonds is 6. The molecule has 1 aromatic heterocycles. The zero-order chi connectivity index (χ0) is 25.9. The largest absolute Gasteiger partial charge is 0.497 e. The van der Waals surface area contributed by atoms with Crippen molar-refractivity contribution in [3.63, 3.8) is 0 Å². The maximum absolute atomic E-state index is 13.8. The van der Waals surface area contributed by atoms with E-state index in [1.165, 1.54) is 0 Å². The Labute approximate surface area is 222 Å². The van der Waals surface area contributed by atoms with E-state index in [0.717, 1.165) is 52.9 Å². The van der Waals surface area contributed by atoms with E-state index in [-0.39, 0.29) is 5.91 Å². The molecule has 0 unspecified atom stereocenters. The van der Waals surface area contributed by atoms with E-state index < -0.39 is 0 Å². The maximum Gasteiger partial charge on any atom is 0.255 e. The first-order valence-corrected chi connectivity index (χ1v) is 12.7. The molecule has 190 valence electrons. The van der Waals surface area contributed by atoms with E-state index in [2.05, 4.69) is 21.6 Å². The van der Waals surface area contributed by atoms with Crippen LogP contribution in [0.15, 0.2) is 78.9 Å². The van der Waals surface area contributed by atoms with Gasteiger partial charge in [-0.15, -0.1) is 0 Å². The number of hydrogen-bond donors (Lipinski definition) is 0. The van der Waals surface area contributed by atoms with Crippen LogP contribution >= 0.6 is 11.6 Å². The van der Waals surface area contributed by atoms with E-state index in [0.29, 0.717) is 23.7 Å². The van der Waals surface area contributed by atoms with Crippen molar-refractivity contribution in [2.75, 3.05) is 45.3 Å². The lowest BCUT2D eigenvalue weighted by Gasteiger charge is -2.36. The number of benzene rings is 3. The second kappa shape index (κ2) is 10.6. The molecule has 2 heterocycles. The number of aromatic nitrogens is 1. The molecule has 5 rings (SSSR count). The summed E-state index contributed by atoms with van der Waals surface area (Å²) in [6.07, 6.45) is 0. The summed E-state index contributed by atoms with van der Waals surface area (Å²) in [6.45, 7) is 4.87. The van der Waals surface area contributed by atoms with E-state index >= 15 is 0 Å². The summed E-state index contributed by atoms with van der Waals surface area (Å²) < 4.78 is 12.9. The zero-order valence-electron chi connectivity index (χ0n) is 21.3. The summed E-state index contributed by atoms with van der Waals surface area (Å²) in [4.78, 5) is 18.0. The number of nitrogens with zero attached hydrogens (tertiary/aromatic N) is 3. The van der Waals surface area contributed by atoms with E-state index in [4.69, 9.17) is 21.1 Å². The highest BCUT2D eigenvalue weighted by Gasteiger charge is 2.27. The highest BCUT2D eigenvalue weighted by molar-refractivity contribution is 6.30. The molecule has 1 aliphatic rings. The Balaban J connectivity index is 1.44. The second-order valence-electron chi connectivity index (χ2n) is 9.05. The molecule has 0 atom stereocenters. The van der Waals surface area contributed by atoms with Crippen molar-refractivity contribution >= 4 is 23.2 Å². The van der Waals surface area contributed by atoms with Crippen molar-refractivity contribution in [2.24, 2.45) is 0 Å². The minimum atomic E-state index is 0.0451. The van der Waals surface area contributed by atoms with Crippen LogP contribution in [-0.4, -0.2) is 55.8 Å². The normalized spacial score (nSPS) is 13.5. The lowest BCUT2D eigenvalue weighted by molar-refractivity contribution is 0.0746. The van der Waals surface area contributed by atoms with Crippen LogP contribution in [0.25, 0.3) is 16.9 Å². The summed E-state index contributed by atoms with van der Waals surface area (Å²) in [5, 5.41) is 0.672. The Morgan fingerprint density at radius 3 is 2.11 bits per heavy atom. The predicted octanol–water partition coefficient (Wildman–Crippen LogP) is 6.09. The highest BCUT2D eigenvalue weighted by Crippen LogP contribution is 2.32. The van der Waals surface area contributed by atoms with Crippen molar-refractivity contribution in [1.29, 1.82) is 0 Å². The van der Waals surface area contributed by atoms with Crippen molar-refractivity contribution in [3.05, 3.63) is 95.1 Å². The number of methoxy groups -OCH3 is 2. The number of hydrogen-bond acceptors (Lipinski definition) is 4. The van der Waals surface area contributed by atoms with Crippen LogP contribution in [-0.2, 0) is 0 Å². The van der Waals surface area contributed by atoms with Gasteiger partial charge in [-0.2, -0.15) is 0 Å². The monoisotopic (exact) mass is 515 g/mol. The third-order valence-electron chi connectivity index (χ3n) is 6.93. The maximum atomic E-state index is 13.8. The van der Waals surface area contributed by atoms with E-state index in [9.17, 15) is 4.79 Å². The number of halogens is 1. The van der Waals surface area contributed by atoms with E-state index in [1.54, 1.807) is 14.2 Å². The molecular weight excluding hydrogens is 486 g/mol. The van der Waals surface area contributed by atoms with E-state index in [1.807, 2.05) is 78.6 Å². The van der Waals surface area contributed by atoms with Gasteiger partial charge in [0, 0.05) is 54.3 Å². The van der Waals surface area contributed by atoms with Gasteiger partial charge in [0.05, 0.1) is 25.5 Å². The van der Waals surface area contributed by atoms with Crippen molar-refractivity contribution < 1.29 is 14.3 Å². The summed E-state index contributed by atoms with van der Waals surface area (Å²) in [6, 6.07) is 25.6. The Morgan fingerprint density at radius 1 is 0.784 bits per heavy atom. The first-order chi connectivity index (χ1) is 18.0. The molecule has 1 aliphatic heterocycles. The second-order valence-corrected chi connectivity index (χ2v) is 9.49. The van der Waals surface area contributed by atoms with Crippen LogP contribution in [0.1, 0.15) is 16.1 Å². The van der Waals surface area contributed by atoms with Gasteiger partial charge in [0.2, 0.25) is 0 Å². The molecule has 0 aliphatic carbocycles. The van der Waals surface area contributed by atoms with Crippen LogP contribution in [0, 0.1) is 6.92 Å². The molecule has 0 bridgehead atoms. The number of ether oxygens (including phenoxy) is 2. The number of anilines is 1. The molecule has 7 heteroatoms. The molecule has 1 fully saturated rings. The fourth-order valence-corrected chi connectivity index (χ4v) is 5.00. The van der Waals surface area contributed by atoms with Gasteiger partial charge in [0.25, 0.3) is 5.91 Å². The molecule has 3 aromatic carbocycles. The molecule has 0 saturated carbocycles. The van der Waals surface area contributed by atoms with Gasteiger partial charge in [-0.05, 0) is 67.1 Å². The van der Waals surface area contributed by atoms with Gasteiger partial charge in [0.1, 0.15) is 11.5 Å². The quantitative estimate of drug-likeness (QED) is 0.312. The van der Waals surface area contributed by atoms with Gasteiger partial charge in [-0.25, -0.2) is 0 Å². The summed E-state index contributed by atoms with van der Waals surface area (Å²) in [5.41, 5.74) is 5.58. The third-order valence-corrected chi connectivity index (χ3v) is 7.19. The summed E-state index contributed by atoms with van der Waals surface area (Å²) in [5.74, 6) is 1.64. The highest BCUT2D eigenvalue weighted by atomic mass is 35.5. The Morgan fingerprint density at radius 2 is 1.46 bits per heavy atom. The average molecular weight is 516 g/mol. The number of amides is 1. The number of carbonyl (C=O) groups is 1. The van der Waals surface area contributed by atoms with Crippen molar-refractivity contribution in [1.82, 2.24) is 9.47 Å². The fourth-order valence-electron chi connectivity index (χ4n) is 4.87. The van der Waals surface area contributed by atoms with Crippen molar-refractivity contribution in [3.8, 4) is 28.4 Å². The van der Waals surface area contributed by atoms with Gasteiger partial charge < -0.3 is 23.8 Å². The molecule has 6 nitrogen and oxygen atoms in total. The first kappa shape index (κ1) is 24.8. The molecule has 1 amide bonds. The smallest absolute Gasteiger partial charge is 0.255 e. The number of carbonyl (C=O) groups excluding carboxylic acids is 1. The fraction of sp³-hybridized carbons (Fsp3) is 0.233. The third kappa shape index (κ3) is 5.02. The Kier molecular flexibility index (Phi) is 7.10. The van der Waals surface area contributed by atoms with Crippen LogP contribution in [0.4, 0.5) is 5.69 Å². The van der Waals surface area contributed by atoms with Gasteiger partial charge in [-0.3, -0.25) is 4.79 Å². The summed E-state index contributed by atoms with van der Waals surface area (Å²) in [7, 11) is 3.32. The van der Waals surface area contributed by atoms with Gasteiger partial charge >= 0.3 is 0 Å². The van der Waals surface area contributed by atoms with Crippen LogP contribution in [0.2, 0.25) is 5.02 Å². The SMILES string of the molecule is COc1ccc(N2CCN(C(=O)c3cc(-c4ccc(Cl)cc4)n(-c4cccc(OC)c4)c3C)CC2)cc1. The first-order valence-electron chi connectivity index (χ1n) is 12.3. The predicted molar refractivity (Wildman–Crippen MR) is 149 cm³/mol. The van der Waals surface area contributed by atoms with Crippen LogP contribution in [0.5, 0.6) is 11.5 Å². The molecule has 1 saturated heterocycles. The summed E-state index contributed by atoms with van der Waals surface area (Å²) >= 11 is 6.16. The van der Waals surface area contributed by atoms with Crippen LogP contribution in [0.3, 0.4) is 0 Å². The lowest BCUT2D eigenvalue weighted by Crippen LogP contribution is -2.48. The van der Waals surface area contributed by atoms with Crippen molar-refractivity contribution in [2.45, 2.75) is 6.92 Å². The minimum Gasteiger partial charge on any atom is -0.497 e. The van der Waals surface area contributed by atoms with Crippen LogP contribution < -0.4 is 14.4 Å². The minimum absolute atomic E-state index is 0.0451. The molecular formula is C30H30ClN3O3.